The lowest BCUT2D eigenvalue weighted by molar-refractivity contribution is 0.0787. The van der Waals surface area contributed by atoms with Crippen molar-refractivity contribution >= 4 is 16.9 Å². The Hall–Kier alpha value is -3.48. The second kappa shape index (κ2) is 7.41. The van der Waals surface area contributed by atoms with Gasteiger partial charge in [-0.25, -0.2) is 9.67 Å². The SMILES string of the molecule is CN(CCCc1nc2ccccc2[nH]1)C(=O)c1cn(-c2ccccc2)nn1. The van der Waals surface area contributed by atoms with Crippen LogP contribution >= 0.6 is 0 Å². The number of carbonyl (C=O) groups is 1. The van der Waals surface area contributed by atoms with Crippen LogP contribution in [-0.2, 0) is 6.42 Å². The minimum Gasteiger partial charge on any atom is -0.342 e. The average Bonchev–Trinajstić information content (AvgIpc) is 3.35. The number of nitrogens with one attached hydrogen (secondary N) is 1. The van der Waals surface area contributed by atoms with Crippen LogP contribution in [0.1, 0.15) is 22.7 Å². The Morgan fingerprint density at radius 1 is 1.11 bits per heavy atom. The third kappa shape index (κ3) is 3.72. The van der Waals surface area contributed by atoms with E-state index in [-0.39, 0.29) is 5.91 Å². The Balaban J connectivity index is 1.34. The van der Waals surface area contributed by atoms with Gasteiger partial charge in [-0.3, -0.25) is 4.79 Å². The van der Waals surface area contributed by atoms with Gasteiger partial charge in [-0.05, 0) is 30.7 Å². The Bertz CT molecular complexity index is 1020. The van der Waals surface area contributed by atoms with Crippen LogP contribution in [0.5, 0.6) is 0 Å². The minimum atomic E-state index is -0.137. The normalized spacial score (nSPS) is 11.0. The zero-order chi connectivity index (χ0) is 18.6. The van der Waals surface area contributed by atoms with Gasteiger partial charge in [0.05, 0.1) is 22.9 Å². The summed E-state index contributed by atoms with van der Waals surface area (Å²) in [6, 6.07) is 17.6. The number of aromatic nitrogens is 5. The van der Waals surface area contributed by atoms with Crippen LogP contribution in [-0.4, -0.2) is 49.4 Å². The maximum Gasteiger partial charge on any atom is 0.275 e. The molecule has 7 heteroatoms. The predicted octanol–water partition coefficient (Wildman–Crippen LogP) is 2.85. The monoisotopic (exact) mass is 360 g/mol. The lowest BCUT2D eigenvalue weighted by atomic mass is 10.2. The van der Waals surface area contributed by atoms with Crippen molar-refractivity contribution in [1.82, 2.24) is 29.9 Å². The van der Waals surface area contributed by atoms with E-state index >= 15 is 0 Å². The van der Waals surface area contributed by atoms with Crippen LogP contribution in [0.25, 0.3) is 16.7 Å². The summed E-state index contributed by atoms with van der Waals surface area (Å²) in [4.78, 5) is 22.1. The molecule has 0 fully saturated rings. The van der Waals surface area contributed by atoms with Gasteiger partial charge in [0.15, 0.2) is 5.69 Å². The second-order valence-corrected chi connectivity index (χ2v) is 6.41. The summed E-state index contributed by atoms with van der Waals surface area (Å²) in [7, 11) is 1.78. The van der Waals surface area contributed by atoms with Gasteiger partial charge < -0.3 is 9.88 Å². The maximum atomic E-state index is 12.6. The number of hydrogen-bond acceptors (Lipinski definition) is 4. The number of aryl methyl sites for hydroxylation is 1. The Labute approximate surface area is 156 Å². The molecule has 2 aromatic heterocycles. The van der Waals surface area contributed by atoms with Crippen molar-refractivity contribution in [2.75, 3.05) is 13.6 Å². The zero-order valence-electron chi connectivity index (χ0n) is 15.0. The van der Waals surface area contributed by atoms with Crippen LogP contribution < -0.4 is 0 Å². The molecule has 0 saturated heterocycles. The van der Waals surface area contributed by atoms with Crippen molar-refractivity contribution < 1.29 is 4.79 Å². The summed E-state index contributed by atoms with van der Waals surface area (Å²) in [5.41, 5.74) is 3.21. The quantitative estimate of drug-likeness (QED) is 0.573. The van der Waals surface area contributed by atoms with E-state index in [4.69, 9.17) is 0 Å². The molecule has 0 atom stereocenters. The highest BCUT2D eigenvalue weighted by molar-refractivity contribution is 5.91. The number of benzene rings is 2. The molecular weight excluding hydrogens is 340 g/mol. The van der Waals surface area contributed by atoms with E-state index in [1.165, 1.54) is 0 Å². The smallest absolute Gasteiger partial charge is 0.275 e. The maximum absolute atomic E-state index is 12.6. The first-order valence-corrected chi connectivity index (χ1v) is 8.87. The van der Waals surface area contributed by atoms with Crippen molar-refractivity contribution in [2.24, 2.45) is 0 Å². The van der Waals surface area contributed by atoms with Gasteiger partial charge in [-0.15, -0.1) is 5.10 Å². The summed E-state index contributed by atoms with van der Waals surface area (Å²) >= 11 is 0. The van der Waals surface area contributed by atoms with E-state index in [0.717, 1.165) is 35.4 Å². The molecule has 0 bridgehead atoms. The molecule has 1 amide bonds. The highest BCUT2D eigenvalue weighted by atomic mass is 16.2. The Morgan fingerprint density at radius 3 is 2.70 bits per heavy atom. The van der Waals surface area contributed by atoms with Gasteiger partial charge in [0.2, 0.25) is 0 Å². The molecule has 2 aromatic carbocycles. The van der Waals surface area contributed by atoms with Gasteiger partial charge in [0.1, 0.15) is 5.82 Å². The molecule has 4 aromatic rings. The lowest BCUT2D eigenvalue weighted by Gasteiger charge is -2.14. The van der Waals surface area contributed by atoms with Crippen LogP contribution in [0, 0.1) is 0 Å². The van der Waals surface area contributed by atoms with Crippen molar-refractivity contribution in [1.29, 1.82) is 0 Å². The van der Waals surface area contributed by atoms with E-state index in [9.17, 15) is 4.79 Å². The van der Waals surface area contributed by atoms with Crippen LogP contribution in [0.15, 0.2) is 60.8 Å². The van der Waals surface area contributed by atoms with Crippen molar-refractivity contribution in [3.8, 4) is 5.69 Å². The number of para-hydroxylation sites is 3. The van der Waals surface area contributed by atoms with Crippen molar-refractivity contribution in [2.45, 2.75) is 12.8 Å². The van der Waals surface area contributed by atoms with Crippen molar-refractivity contribution in [3.63, 3.8) is 0 Å². The van der Waals surface area contributed by atoms with Crippen molar-refractivity contribution in [3.05, 3.63) is 72.3 Å². The standard InChI is InChI=1S/C20H20N6O/c1-25(13-7-12-19-21-16-10-5-6-11-17(16)22-19)20(27)18-14-26(24-23-18)15-8-3-2-4-9-15/h2-6,8-11,14H,7,12-13H2,1H3,(H,21,22). The molecule has 0 aliphatic carbocycles. The van der Waals surface area contributed by atoms with Crippen LogP contribution in [0.4, 0.5) is 0 Å². The molecule has 2 heterocycles. The number of nitrogens with zero attached hydrogens (tertiary/aromatic N) is 5. The van der Waals surface area contributed by atoms with Crippen LogP contribution in [0.2, 0.25) is 0 Å². The molecule has 0 aliphatic heterocycles. The van der Waals surface area contributed by atoms with Gasteiger partial charge in [0.25, 0.3) is 5.91 Å². The number of fused-ring (bicyclic) bond motifs is 1. The molecule has 136 valence electrons. The fourth-order valence-electron chi connectivity index (χ4n) is 2.97. The third-order valence-electron chi connectivity index (χ3n) is 4.43. The van der Waals surface area contributed by atoms with Gasteiger partial charge in [0, 0.05) is 20.0 Å². The number of carbonyl (C=O) groups excluding carboxylic acids is 1. The summed E-state index contributed by atoms with van der Waals surface area (Å²) in [6.45, 7) is 0.619. The third-order valence-corrected chi connectivity index (χ3v) is 4.43. The molecule has 0 saturated carbocycles. The van der Waals surface area contributed by atoms with E-state index < -0.39 is 0 Å². The second-order valence-electron chi connectivity index (χ2n) is 6.41. The number of hydrogen-bond donors (Lipinski definition) is 1. The molecule has 0 unspecified atom stereocenters. The fraction of sp³-hybridized carbons (Fsp3) is 0.200. The topological polar surface area (TPSA) is 79.7 Å². The first kappa shape index (κ1) is 17.0. The first-order chi connectivity index (χ1) is 13.2. The van der Waals surface area contributed by atoms with E-state index in [2.05, 4.69) is 20.3 Å². The highest BCUT2D eigenvalue weighted by Gasteiger charge is 2.16. The van der Waals surface area contributed by atoms with Crippen LogP contribution in [0.3, 0.4) is 0 Å². The summed E-state index contributed by atoms with van der Waals surface area (Å²) < 4.78 is 1.61. The minimum absolute atomic E-state index is 0.137. The fourth-order valence-corrected chi connectivity index (χ4v) is 2.97. The first-order valence-electron chi connectivity index (χ1n) is 8.87. The van der Waals surface area contributed by atoms with Gasteiger partial charge in [-0.2, -0.15) is 0 Å². The number of imidazole rings is 1. The Kier molecular flexibility index (Phi) is 4.65. The number of aromatic amines is 1. The molecule has 0 radical (unpaired) electrons. The van der Waals surface area contributed by atoms with Gasteiger partial charge in [-0.1, -0.05) is 35.5 Å². The molecule has 0 spiro atoms. The number of H-pyrrole nitrogens is 1. The number of amides is 1. The summed E-state index contributed by atoms with van der Waals surface area (Å²) in [6.07, 6.45) is 3.26. The molecule has 7 nitrogen and oxygen atoms in total. The molecule has 0 aliphatic rings. The summed E-state index contributed by atoms with van der Waals surface area (Å²) in [5.74, 6) is 0.800. The molecule has 4 rings (SSSR count). The molecular formula is C20H20N6O. The highest BCUT2D eigenvalue weighted by Crippen LogP contribution is 2.12. The summed E-state index contributed by atoms with van der Waals surface area (Å²) in [5, 5.41) is 8.06. The molecule has 27 heavy (non-hydrogen) atoms. The van der Waals surface area contributed by atoms with Gasteiger partial charge >= 0.3 is 0 Å². The van der Waals surface area contributed by atoms with E-state index in [1.807, 2.05) is 54.6 Å². The lowest BCUT2D eigenvalue weighted by Crippen LogP contribution is -2.28. The Morgan fingerprint density at radius 2 is 1.89 bits per heavy atom. The molecule has 1 N–H and O–H groups in total. The average molecular weight is 360 g/mol. The number of rotatable bonds is 6. The predicted molar refractivity (Wildman–Crippen MR) is 103 cm³/mol. The van der Waals surface area contributed by atoms with E-state index in [1.54, 1.807) is 22.8 Å². The zero-order valence-corrected chi connectivity index (χ0v) is 15.0. The largest absolute Gasteiger partial charge is 0.342 e. The van der Waals surface area contributed by atoms with E-state index in [0.29, 0.717) is 12.2 Å².